The molecule has 0 spiro atoms. The molecule has 1 aromatic carbocycles. The Morgan fingerprint density at radius 3 is 2.67 bits per heavy atom. The largest absolute Gasteiger partial charge is 0.399 e. The van der Waals surface area contributed by atoms with Crippen LogP contribution < -0.4 is 10.5 Å². The third-order valence-corrected chi connectivity index (χ3v) is 6.21. The molecule has 1 aliphatic rings. The number of aliphatic hydroxyl groups excluding tert-OH is 1. The molecule has 1 saturated carbocycles. The molecule has 0 aromatic heterocycles. The fourth-order valence-corrected chi connectivity index (χ4v) is 5.08. The molecule has 1 fully saturated rings. The molecule has 0 amide bonds. The summed E-state index contributed by atoms with van der Waals surface area (Å²) in [5, 5.41) is 9.42. The van der Waals surface area contributed by atoms with Crippen molar-refractivity contribution in [2.24, 2.45) is 0 Å². The van der Waals surface area contributed by atoms with Gasteiger partial charge in [0.25, 0.3) is 0 Å². The van der Waals surface area contributed by atoms with Gasteiger partial charge >= 0.3 is 0 Å². The number of benzene rings is 1. The molecule has 21 heavy (non-hydrogen) atoms. The number of hydrogen-bond acceptors (Lipinski definition) is 5. The highest BCUT2D eigenvalue weighted by molar-refractivity contribution is 8.00. The molecule has 7 heteroatoms. The standard InChI is InChI=1S/C14H22N2O3S2/c15-11-2-1-3-14(10-11)20-8-9-21(18,19)16-12-4-6-13(17)7-5-12/h1-3,10,12-13,16-17H,4-9,15H2. The van der Waals surface area contributed by atoms with Crippen molar-refractivity contribution < 1.29 is 13.5 Å². The van der Waals surface area contributed by atoms with E-state index in [1.165, 1.54) is 11.8 Å². The van der Waals surface area contributed by atoms with Crippen molar-refractivity contribution in [3.05, 3.63) is 24.3 Å². The predicted octanol–water partition coefficient (Wildman–Crippen LogP) is 1.58. The van der Waals surface area contributed by atoms with Crippen molar-refractivity contribution in [1.82, 2.24) is 4.72 Å². The Morgan fingerprint density at radius 2 is 2.00 bits per heavy atom. The van der Waals surface area contributed by atoms with E-state index in [1.54, 1.807) is 6.07 Å². The summed E-state index contributed by atoms with van der Waals surface area (Å²) >= 11 is 1.48. The molecule has 2 rings (SSSR count). The molecule has 1 aliphatic carbocycles. The van der Waals surface area contributed by atoms with Crippen LogP contribution in [0.3, 0.4) is 0 Å². The Morgan fingerprint density at radius 1 is 1.29 bits per heavy atom. The Hall–Kier alpha value is -0.760. The lowest BCUT2D eigenvalue weighted by atomic mass is 9.94. The van der Waals surface area contributed by atoms with Crippen molar-refractivity contribution in [2.75, 3.05) is 17.2 Å². The number of nitrogens with one attached hydrogen (secondary N) is 1. The van der Waals surface area contributed by atoms with Crippen molar-refractivity contribution >= 4 is 27.5 Å². The van der Waals surface area contributed by atoms with Crippen LogP contribution in [0.15, 0.2) is 29.2 Å². The molecule has 4 N–H and O–H groups in total. The first-order valence-corrected chi connectivity index (χ1v) is 9.75. The maximum Gasteiger partial charge on any atom is 0.212 e. The second-order valence-electron chi connectivity index (χ2n) is 5.36. The molecule has 0 saturated heterocycles. The summed E-state index contributed by atoms with van der Waals surface area (Å²) in [6.45, 7) is 0. The molecule has 0 radical (unpaired) electrons. The van der Waals surface area contributed by atoms with Crippen molar-refractivity contribution in [2.45, 2.75) is 42.7 Å². The van der Waals surface area contributed by atoms with Crippen LogP contribution in [0.1, 0.15) is 25.7 Å². The first-order chi connectivity index (χ1) is 9.94. The minimum atomic E-state index is -3.26. The maximum absolute atomic E-state index is 12.0. The summed E-state index contributed by atoms with van der Waals surface area (Å²) in [4.78, 5) is 0.978. The summed E-state index contributed by atoms with van der Waals surface area (Å²) in [6, 6.07) is 7.39. The fourth-order valence-electron chi connectivity index (χ4n) is 2.38. The van der Waals surface area contributed by atoms with E-state index < -0.39 is 10.0 Å². The minimum absolute atomic E-state index is 0.0317. The van der Waals surface area contributed by atoms with E-state index in [0.717, 1.165) is 4.90 Å². The van der Waals surface area contributed by atoms with Crippen LogP contribution in [0.4, 0.5) is 5.69 Å². The maximum atomic E-state index is 12.0. The van der Waals surface area contributed by atoms with Gasteiger partial charge in [-0.1, -0.05) is 6.07 Å². The van der Waals surface area contributed by atoms with Crippen molar-refractivity contribution in [1.29, 1.82) is 0 Å². The monoisotopic (exact) mass is 330 g/mol. The predicted molar refractivity (Wildman–Crippen MR) is 86.8 cm³/mol. The van der Waals surface area contributed by atoms with E-state index in [1.807, 2.05) is 18.2 Å². The molecular weight excluding hydrogens is 308 g/mol. The zero-order valence-electron chi connectivity index (χ0n) is 11.9. The van der Waals surface area contributed by atoms with Crippen LogP contribution in [-0.2, 0) is 10.0 Å². The van der Waals surface area contributed by atoms with Crippen LogP contribution in [0, 0.1) is 0 Å². The van der Waals surface area contributed by atoms with Crippen LogP contribution in [-0.4, -0.2) is 37.2 Å². The molecular formula is C14H22N2O3S2. The summed E-state index contributed by atoms with van der Waals surface area (Å²) in [7, 11) is -3.26. The molecule has 0 atom stereocenters. The van der Waals surface area contributed by atoms with Gasteiger partial charge in [-0.25, -0.2) is 13.1 Å². The summed E-state index contributed by atoms with van der Waals surface area (Å²) in [6.07, 6.45) is 2.49. The Kier molecular flexibility index (Phi) is 5.92. The second-order valence-corrected chi connectivity index (χ2v) is 8.40. The quantitative estimate of drug-likeness (QED) is 0.544. The number of nitrogens with two attached hydrogens (primary N) is 1. The number of hydrogen-bond donors (Lipinski definition) is 3. The highest BCUT2D eigenvalue weighted by Gasteiger charge is 2.23. The Balaban J connectivity index is 1.76. The van der Waals surface area contributed by atoms with Crippen LogP contribution in [0.2, 0.25) is 0 Å². The lowest BCUT2D eigenvalue weighted by molar-refractivity contribution is 0.120. The van der Waals surface area contributed by atoms with Crippen molar-refractivity contribution in [3.63, 3.8) is 0 Å². The average molecular weight is 330 g/mol. The van der Waals surface area contributed by atoms with Gasteiger partial charge in [0.15, 0.2) is 0 Å². The highest BCUT2D eigenvalue weighted by Crippen LogP contribution is 2.21. The smallest absolute Gasteiger partial charge is 0.212 e. The Bertz CT molecular complexity index is 555. The zero-order valence-corrected chi connectivity index (χ0v) is 13.5. The van der Waals surface area contributed by atoms with E-state index in [4.69, 9.17) is 5.73 Å². The van der Waals surface area contributed by atoms with Gasteiger partial charge < -0.3 is 10.8 Å². The lowest BCUT2D eigenvalue weighted by Gasteiger charge is -2.25. The Labute approximate surface area is 130 Å². The SMILES string of the molecule is Nc1cccc(SCCS(=O)(=O)NC2CCC(O)CC2)c1. The number of rotatable bonds is 6. The minimum Gasteiger partial charge on any atom is -0.399 e. The molecule has 1 aromatic rings. The van der Waals surface area contributed by atoms with Gasteiger partial charge in [-0.2, -0.15) is 0 Å². The van der Waals surface area contributed by atoms with E-state index in [0.29, 0.717) is 37.1 Å². The highest BCUT2D eigenvalue weighted by atomic mass is 32.2. The second kappa shape index (κ2) is 7.49. The summed E-state index contributed by atoms with van der Waals surface area (Å²) < 4.78 is 26.8. The van der Waals surface area contributed by atoms with Gasteiger partial charge in [-0.3, -0.25) is 0 Å². The number of thioether (sulfide) groups is 1. The normalized spacial score (nSPS) is 23.1. The zero-order chi connectivity index (χ0) is 15.3. The van der Waals surface area contributed by atoms with E-state index in [-0.39, 0.29) is 17.9 Å². The van der Waals surface area contributed by atoms with Gasteiger partial charge in [0.05, 0.1) is 11.9 Å². The van der Waals surface area contributed by atoms with Gasteiger partial charge in [0.1, 0.15) is 0 Å². The molecule has 0 unspecified atom stereocenters. The summed E-state index contributed by atoms with van der Waals surface area (Å²) in [5.74, 6) is 0.583. The van der Waals surface area contributed by atoms with E-state index >= 15 is 0 Å². The average Bonchev–Trinajstić information content (AvgIpc) is 2.41. The molecule has 0 heterocycles. The van der Waals surface area contributed by atoms with Crippen LogP contribution in [0.5, 0.6) is 0 Å². The van der Waals surface area contributed by atoms with Crippen molar-refractivity contribution in [3.8, 4) is 0 Å². The third-order valence-electron chi connectivity index (χ3n) is 3.52. The first kappa shape index (κ1) is 16.6. The topological polar surface area (TPSA) is 92.4 Å². The van der Waals surface area contributed by atoms with Gasteiger partial charge in [0.2, 0.25) is 10.0 Å². The van der Waals surface area contributed by atoms with Gasteiger partial charge in [-0.15, -0.1) is 11.8 Å². The number of aliphatic hydroxyl groups is 1. The van der Waals surface area contributed by atoms with Gasteiger partial charge in [-0.05, 0) is 43.9 Å². The molecule has 0 bridgehead atoms. The molecule has 0 aliphatic heterocycles. The third kappa shape index (κ3) is 5.86. The number of nitrogen functional groups attached to an aromatic ring is 1. The number of sulfonamides is 1. The summed E-state index contributed by atoms with van der Waals surface area (Å²) in [5.41, 5.74) is 6.37. The lowest BCUT2D eigenvalue weighted by Crippen LogP contribution is -2.40. The fraction of sp³-hybridized carbons (Fsp3) is 0.571. The molecule has 5 nitrogen and oxygen atoms in total. The van der Waals surface area contributed by atoms with Crippen LogP contribution in [0.25, 0.3) is 0 Å². The molecule has 118 valence electrons. The van der Waals surface area contributed by atoms with E-state index in [9.17, 15) is 13.5 Å². The number of anilines is 1. The van der Waals surface area contributed by atoms with Gasteiger partial charge in [0, 0.05) is 22.4 Å². The van der Waals surface area contributed by atoms with E-state index in [2.05, 4.69) is 4.72 Å². The first-order valence-electron chi connectivity index (χ1n) is 7.11. The van der Waals surface area contributed by atoms with Crippen LogP contribution >= 0.6 is 11.8 Å².